The first-order valence-corrected chi connectivity index (χ1v) is 7.50. The lowest BCUT2D eigenvalue weighted by Crippen LogP contribution is -2.34. The first-order chi connectivity index (χ1) is 10.2. The average molecular weight is 290 g/mol. The molecule has 3 rings (SSSR count). The standard InChI is InChI=1S/C16H22N2O3/c1-3-21-11-10-18-14(17-16(8-9-16)15(18)19)12-4-6-13(20-2)7-5-12/h4-7,14,17H,3,8-11H2,1-2H3. The molecule has 1 heterocycles. The Labute approximate surface area is 125 Å². The third kappa shape index (κ3) is 2.63. The van der Waals surface area contributed by atoms with Crippen LogP contribution < -0.4 is 10.1 Å². The van der Waals surface area contributed by atoms with Crippen molar-refractivity contribution in [3.05, 3.63) is 29.8 Å². The van der Waals surface area contributed by atoms with Crippen molar-refractivity contribution >= 4 is 5.91 Å². The Morgan fingerprint density at radius 2 is 2.05 bits per heavy atom. The van der Waals surface area contributed by atoms with E-state index in [-0.39, 0.29) is 17.6 Å². The van der Waals surface area contributed by atoms with Crippen LogP contribution in [-0.2, 0) is 9.53 Å². The predicted molar refractivity (Wildman–Crippen MR) is 79.0 cm³/mol. The zero-order chi connectivity index (χ0) is 14.9. The highest BCUT2D eigenvalue weighted by Gasteiger charge is 2.59. The highest BCUT2D eigenvalue weighted by Crippen LogP contribution is 2.45. The van der Waals surface area contributed by atoms with Crippen molar-refractivity contribution in [2.24, 2.45) is 0 Å². The van der Waals surface area contributed by atoms with Crippen molar-refractivity contribution in [2.45, 2.75) is 31.5 Å². The number of carbonyl (C=O) groups excluding carboxylic acids is 1. The number of methoxy groups -OCH3 is 1. The fourth-order valence-corrected chi connectivity index (χ4v) is 2.86. The Morgan fingerprint density at radius 1 is 1.33 bits per heavy atom. The topological polar surface area (TPSA) is 50.8 Å². The summed E-state index contributed by atoms with van der Waals surface area (Å²) in [4.78, 5) is 14.5. The molecule has 1 aromatic carbocycles. The van der Waals surface area contributed by atoms with Crippen molar-refractivity contribution in [1.29, 1.82) is 0 Å². The van der Waals surface area contributed by atoms with Crippen LogP contribution in [0.2, 0.25) is 0 Å². The van der Waals surface area contributed by atoms with Crippen LogP contribution in [0.3, 0.4) is 0 Å². The molecule has 0 bridgehead atoms. The zero-order valence-electron chi connectivity index (χ0n) is 12.6. The SMILES string of the molecule is CCOCCN1C(=O)C2(CC2)NC1c1ccc(OC)cc1. The molecule has 2 fully saturated rings. The summed E-state index contributed by atoms with van der Waals surface area (Å²) in [7, 11) is 1.65. The fourth-order valence-electron chi connectivity index (χ4n) is 2.86. The van der Waals surface area contributed by atoms with Crippen molar-refractivity contribution in [3.8, 4) is 5.75 Å². The molecule has 1 spiro atoms. The number of hydrogen-bond donors (Lipinski definition) is 1. The summed E-state index contributed by atoms with van der Waals surface area (Å²) in [5.74, 6) is 1.04. The van der Waals surface area contributed by atoms with Crippen molar-refractivity contribution in [2.75, 3.05) is 26.9 Å². The first kappa shape index (κ1) is 14.4. The Balaban J connectivity index is 1.78. The van der Waals surface area contributed by atoms with Gasteiger partial charge in [-0.15, -0.1) is 0 Å². The van der Waals surface area contributed by atoms with Gasteiger partial charge in [0.1, 0.15) is 17.5 Å². The van der Waals surface area contributed by atoms with Crippen LogP contribution in [0.15, 0.2) is 24.3 Å². The number of nitrogens with zero attached hydrogens (tertiary/aromatic N) is 1. The van der Waals surface area contributed by atoms with Crippen molar-refractivity contribution in [1.82, 2.24) is 10.2 Å². The van der Waals surface area contributed by atoms with Gasteiger partial charge < -0.3 is 14.4 Å². The molecular formula is C16H22N2O3. The predicted octanol–water partition coefficient (Wildman–Crippen LogP) is 1.69. The lowest BCUT2D eigenvalue weighted by Gasteiger charge is -2.24. The van der Waals surface area contributed by atoms with E-state index in [1.165, 1.54) is 0 Å². The summed E-state index contributed by atoms with van der Waals surface area (Å²) in [6, 6.07) is 7.89. The molecule has 1 aliphatic carbocycles. The molecule has 1 aromatic rings. The molecule has 21 heavy (non-hydrogen) atoms. The van der Waals surface area contributed by atoms with E-state index in [1.807, 2.05) is 36.1 Å². The summed E-state index contributed by atoms with van der Waals surface area (Å²) >= 11 is 0. The Hall–Kier alpha value is -1.59. The lowest BCUT2D eigenvalue weighted by atomic mass is 10.1. The van der Waals surface area contributed by atoms with Gasteiger partial charge in [0.15, 0.2) is 0 Å². The molecule has 5 nitrogen and oxygen atoms in total. The second kappa shape index (κ2) is 5.66. The van der Waals surface area contributed by atoms with Crippen LogP contribution in [0.1, 0.15) is 31.5 Å². The third-order valence-electron chi connectivity index (χ3n) is 4.26. The van der Waals surface area contributed by atoms with Gasteiger partial charge in [0.05, 0.1) is 13.7 Å². The molecule has 2 aliphatic rings. The van der Waals surface area contributed by atoms with Gasteiger partial charge in [0.2, 0.25) is 5.91 Å². The van der Waals surface area contributed by atoms with E-state index >= 15 is 0 Å². The number of amides is 1. The molecule has 5 heteroatoms. The molecular weight excluding hydrogens is 268 g/mol. The monoisotopic (exact) mass is 290 g/mol. The van der Waals surface area contributed by atoms with Gasteiger partial charge >= 0.3 is 0 Å². The molecule has 0 aromatic heterocycles. The smallest absolute Gasteiger partial charge is 0.244 e. The largest absolute Gasteiger partial charge is 0.497 e. The second-order valence-electron chi connectivity index (χ2n) is 5.60. The van der Waals surface area contributed by atoms with Gasteiger partial charge in [0.25, 0.3) is 0 Å². The number of nitrogens with one attached hydrogen (secondary N) is 1. The summed E-state index contributed by atoms with van der Waals surface area (Å²) < 4.78 is 10.6. The number of benzene rings is 1. The number of carbonyl (C=O) groups is 1. The van der Waals surface area contributed by atoms with Gasteiger partial charge in [-0.1, -0.05) is 12.1 Å². The van der Waals surface area contributed by atoms with Gasteiger partial charge in [0, 0.05) is 13.2 Å². The van der Waals surface area contributed by atoms with E-state index in [2.05, 4.69) is 5.32 Å². The Morgan fingerprint density at radius 3 is 2.62 bits per heavy atom. The Kier molecular flexibility index (Phi) is 3.87. The molecule has 1 amide bonds. The van der Waals surface area contributed by atoms with Gasteiger partial charge in [-0.3, -0.25) is 10.1 Å². The van der Waals surface area contributed by atoms with Gasteiger partial charge in [-0.2, -0.15) is 0 Å². The second-order valence-corrected chi connectivity index (χ2v) is 5.60. The molecule has 114 valence electrons. The first-order valence-electron chi connectivity index (χ1n) is 7.50. The fraction of sp³-hybridized carbons (Fsp3) is 0.562. The lowest BCUT2D eigenvalue weighted by molar-refractivity contribution is -0.131. The van der Waals surface area contributed by atoms with Crippen LogP contribution in [0.25, 0.3) is 0 Å². The van der Waals surface area contributed by atoms with Crippen LogP contribution in [0.4, 0.5) is 0 Å². The molecule has 1 saturated carbocycles. The summed E-state index contributed by atoms with van der Waals surface area (Å²) in [5.41, 5.74) is 0.779. The number of ether oxygens (including phenoxy) is 2. The van der Waals surface area contributed by atoms with E-state index in [0.717, 1.165) is 24.2 Å². The molecule has 1 aliphatic heterocycles. The Bertz CT molecular complexity index is 511. The third-order valence-corrected chi connectivity index (χ3v) is 4.26. The summed E-state index contributed by atoms with van der Waals surface area (Å²) in [6.07, 6.45) is 1.80. The maximum absolute atomic E-state index is 12.6. The van der Waals surface area contributed by atoms with Crippen LogP contribution in [0, 0.1) is 0 Å². The van der Waals surface area contributed by atoms with E-state index in [0.29, 0.717) is 19.8 Å². The minimum atomic E-state index is -0.309. The summed E-state index contributed by atoms with van der Waals surface area (Å²) in [6.45, 7) is 3.84. The quantitative estimate of drug-likeness (QED) is 0.810. The number of hydrogen-bond acceptors (Lipinski definition) is 4. The van der Waals surface area contributed by atoms with Crippen molar-refractivity contribution in [3.63, 3.8) is 0 Å². The summed E-state index contributed by atoms with van der Waals surface area (Å²) in [5, 5.41) is 3.50. The average Bonchev–Trinajstić information content (AvgIpc) is 3.25. The van der Waals surface area contributed by atoms with Crippen LogP contribution in [-0.4, -0.2) is 43.2 Å². The maximum Gasteiger partial charge on any atom is 0.244 e. The highest BCUT2D eigenvalue weighted by molar-refractivity contribution is 5.92. The van der Waals surface area contributed by atoms with Gasteiger partial charge in [-0.25, -0.2) is 0 Å². The number of rotatable bonds is 6. The minimum absolute atomic E-state index is 0.0636. The normalized spacial score (nSPS) is 22.9. The molecule has 1 atom stereocenters. The van der Waals surface area contributed by atoms with E-state index < -0.39 is 0 Å². The highest BCUT2D eigenvalue weighted by atomic mass is 16.5. The van der Waals surface area contributed by atoms with Gasteiger partial charge in [-0.05, 0) is 37.5 Å². The van der Waals surface area contributed by atoms with E-state index in [1.54, 1.807) is 7.11 Å². The maximum atomic E-state index is 12.6. The van der Waals surface area contributed by atoms with E-state index in [9.17, 15) is 4.79 Å². The molecule has 1 saturated heterocycles. The van der Waals surface area contributed by atoms with E-state index in [4.69, 9.17) is 9.47 Å². The van der Waals surface area contributed by atoms with Crippen LogP contribution >= 0.6 is 0 Å². The molecule has 1 unspecified atom stereocenters. The molecule has 0 radical (unpaired) electrons. The zero-order valence-corrected chi connectivity index (χ0v) is 12.6. The minimum Gasteiger partial charge on any atom is -0.497 e. The molecule has 1 N–H and O–H groups in total. The van der Waals surface area contributed by atoms with Crippen molar-refractivity contribution < 1.29 is 14.3 Å². The van der Waals surface area contributed by atoms with Crippen LogP contribution in [0.5, 0.6) is 5.75 Å².